The molecule has 0 radical (unpaired) electrons. The fourth-order valence-corrected chi connectivity index (χ4v) is 2.14. The van der Waals surface area contributed by atoms with Crippen molar-refractivity contribution in [3.05, 3.63) is 17.7 Å². The number of hydrogen-bond donors (Lipinski definition) is 2. The van der Waals surface area contributed by atoms with Gasteiger partial charge in [-0.15, -0.1) is 0 Å². The molecule has 1 aromatic carbocycles. The molecule has 6 nitrogen and oxygen atoms in total. The first kappa shape index (κ1) is 19.9. The van der Waals surface area contributed by atoms with Crippen LogP contribution in [-0.2, 0) is 6.54 Å². The number of methoxy groups -OCH3 is 2. The smallest absolute Gasteiger partial charge is 0.203 e. The van der Waals surface area contributed by atoms with Crippen LogP contribution in [0, 0.1) is 0 Å². The van der Waals surface area contributed by atoms with Crippen LogP contribution < -0.4 is 24.8 Å². The fraction of sp³-hybridized carbons (Fsp3) is 0.611. The maximum absolute atomic E-state index is 5.63. The molecular weight excluding hydrogens is 306 g/mol. The first-order valence-corrected chi connectivity index (χ1v) is 8.51. The largest absolute Gasteiger partial charge is 0.493 e. The van der Waals surface area contributed by atoms with E-state index in [9.17, 15) is 0 Å². The number of benzene rings is 1. The Bertz CT molecular complexity index is 507. The Balaban J connectivity index is 3.01. The SMILES string of the molecule is CCNC(=NCc1cc(OC)c(OCC)c(OC)c1)NC(C)CC. The van der Waals surface area contributed by atoms with E-state index in [0.29, 0.717) is 36.4 Å². The van der Waals surface area contributed by atoms with Crippen molar-refractivity contribution in [3.8, 4) is 17.2 Å². The first-order valence-electron chi connectivity index (χ1n) is 8.51. The highest BCUT2D eigenvalue weighted by Gasteiger charge is 2.14. The number of ether oxygens (including phenoxy) is 3. The van der Waals surface area contributed by atoms with E-state index < -0.39 is 0 Å². The third-order valence-corrected chi connectivity index (χ3v) is 3.57. The van der Waals surface area contributed by atoms with E-state index in [2.05, 4.69) is 36.4 Å². The second kappa shape index (κ2) is 10.6. The highest BCUT2D eigenvalue weighted by molar-refractivity contribution is 5.80. The van der Waals surface area contributed by atoms with Gasteiger partial charge in [0, 0.05) is 12.6 Å². The van der Waals surface area contributed by atoms with Crippen molar-refractivity contribution >= 4 is 5.96 Å². The van der Waals surface area contributed by atoms with Gasteiger partial charge in [-0.1, -0.05) is 6.92 Å². The van der Waals surface area contributed by atoms with E-state index in [1.165, 1.54) is 0 Å². The van der Waals surface area contributed by atoms with Crippen LogP contribution in [0.15, 0.2) is 17.1 Å². The Labute approximate surface area is 145 Å². The van der Waals surface area contributed by atoms with Crippen LogP contribution >= 0.6 is 0 Å². The van der Waals surface area contributed by atoms with Gasteiger partial charge in [0.05, 0.1) is 27.4 Å². The number of nitrogens with zero attached hydrogens (tertiary/aromatic N) is 1. The third-order valence-electron chi connectivity index (χ3n) is 3.57. The molecule has 0 aliphatic heterocycles. The molecule has 24 heavy (non-hydrogen) atoms. The molecule has 0 aliphatic rings. The quantitative estimate of drug-likeness (QED) is 0.536. The van der Waals surface area contributed by atoms with Gasteiger partial charge >= 0.3 is 0 Å². The molecule has 2 N–H and O–H groups in total. The van der Waals surface area contributed by atoms with E-state index in [4.69, 9.17) is 14.2 Å². The summed E-state index contributed by atoms with van der Waals surface area (Å²) in [5.41, 5.74) is 0.994. The van der Waals surface area contributed by atoms with E-state index >= 15 is 0 Å². The molecule has 0 amide bonds. The van der Waals surface area contributed by atoms with E-state index in [1.54, 1.807) is 14.2 Å². The second-order valence-corrected chi connectivity index (χ2v) is 5.41. The van der Waals surface area contributed by atoms with Gasteiger partial charge in [-0.3, -0.25) is 0 Å². The molecule has 0 fully saturated rings. The maximum Gasteiger partial charge on any atom is 0.203 e. The minimum atomic E-state index is 0.368. The lowest BCUT2D eigenvalue weighted by atomic mass is 10.2. The molecule has 6 heteroatoms. The molecule has 0 spiro atoms. The Morgan fingerprint density at radius 2 is 1.75 bits per heavy atom. The highest BCUT2D eigenvalue weighted by atomic mass is 16.5. The van der Waals surface area contributed by atoms with Crippen LogP contribution in [0.25, 0.3) is 0 Å². The van der Waals surface area contributed by atoms with Gasteiger partial charge in [0.15, 0.2) is 17.5 Å². The van der Waals surface area contributed by atoms with Crippen LogP contribution in [-0.4, -0.2) is 39.4 Å². The average molecular weight is 337 g/mol. The molecule has 0 aliphatic carbocycles. The van der Waals surface area contributed by atoms with Gasteiger partial charge in [-0.05, 0) is 44.9 Å². The molecule has 1 unspecified atom stereocenters. The molecule has 1 rings (SSSR count). The van der Waals surface area contributed by atoms with Gasteiger partial charge in [0.1, 0.15) is 0 Å². The number of aliphatic imine (C=N–C) groups is 1. The first-order chi connectivity index (χ1) is 11.6. The zero-order chi connectivity index (χ0) is 17.9. The summed E-state index contributed by atoms with van der Waals surface area (Å²) in [6.07, 6.45) is 1.04. The maximum atomic E-state index is 5.63. The summed E-state index contributed by atoms with van der Waals surface area (Å²) in [5, 5.41) is 6.64. The summed E-state index contributed by atoms with van der Waals surface area (Å²) in [6, 6.07) is 4.24. The Morgan fingerprint density at radius 3 is 2.21 bits per heavy atom. The third kappa shape index (κ3) is 5.83. The Hall–Kier alpha value is -2.11. The van der Waals surface area contributed by atoms with Gasteiger partial charge in [-0.25, -0.2) is 4.99 Å². The summed E-state index contributed by atoms with van der Waals surface area (Å²) >= 11 is 0. The van der Waals surface area contributed by atoms with Crippen LogP contribution in [0.2, 0.25) is 0 Å². The molecule has 0 saturated carbocycles. The Kier molecular flexibility index (Phi) is 8.83. The standard InChI is InChI=1S/C18H31N3O3/c1-7-13(4)21-18(19-8-2)20-12-14-10-15(22-5)17(24-9-3)16(11-14)23-6/h10-11,13H,7-9,12H2,1-6H3,(H2,19,20,21). The lowest BCUT2D eigenvalue weighted by molar-refractivity contribution is 0.288. The molecule has 1 aromatic rings. The number of hydrogen-bond acceptors (Lipinski definition) is 4. The van der Waals surface area contributed by atoms with Crippen LogP contribution in [0.4, 0.5) is 0 Å². The van der Waals surface area contributed by atoms with Gasteiger partial charge in [0.2, 0.25) is 5.75 Å². The van der Waals surface area contributed by atoms with Crippen molar-refractivity contribution in [2.24, 2.45) is 4.99 Å². The monoisotopic (exact) mass is 337 g/mol. The minimum Gasteiger partial charge on any atom is -0.493 e. The summed E-state index contributed by atoms with van der Waals surface area (Å²) in [7, 11) is 3.25. The van der Waals surface area contributed by atoms with Crippen LogP contribution in [0.3, 0.4) is 0 Å². The van der Waals surface area contributed by atoms with E-state index in [-0.39, 0.29) is 0 Å². The molecule has 0 bridgehead atoms. The van der Waals surface area contributed by atoms with Crippen molar-refractivity contribution in [2.45, 2.75) is 46.7 Å². The zero-order valence-corrected chi connectivity index (χ0v) is 15.7. The lowest BCUT2D eigenvalue weighted by Crippen LogP contribution is -2.41. The summed E-state index contributed by atoms with van der Waals surface area (Å²) in [4.78, 5) is 4.64. The predicted octanol–water partition coefficient (Wildman–Crippen LogP) is 2.96. The predicted molar refractivity (Wildman–Crippen MR) is 98.4 cm³/mol. The van der Waals surface area contributed by atoms with E-state index in [1.807, 2.05) is 19.1 Å². The van der Waals surface area contributed by atoms with Crippen LogP contribution in [0.1, 0.15) is 39.7 Å². The number of guanidine groups is 1. The number of nitrogens with one attached hydrogen (secondary N) is 2. The average Bonchev–Trinajstić information content (AvgIpc) is 2.60. The van der Waals surface area contributed by atoms with Crippen molar-refractivity contribution < 1.29 is 14.2 Å². The molecular formula is C18H31N3O3. The fourth-order valence-electron chi connectivity index (χ4n) is 2.14. The second-order valence-electron chi connectivity index (χ2n) is 5.41. The molecule has 0 saturated heterocycles. The van der Waals surface area contributed by atoms with Crippen molar-refractivity contribution in [2.75, 3.05) is 27.4 Å². The minimum absolute atomic E-state index is 0.368. The lowest BCUT2D eigenvalue weighted by Gasteiger charge is -2.17. The van der Waals surface area contributed by atoms with Gasteiger partial charge in [-0.2, -0.15) is 0 Å². The highest BCUT2D eigenvalue weighted by Crippen LogP contribution is 2.38. The molecule has 136 valence electrons. The summed E-state index contributed by atoms with van der Waals surface area (Å²) in [5.74, 6) is 2.74. The van der Waals surface area contributed by atoms with Crippen LogP contribution in [0.5, 0.6) is 17.2 Å². The molecule has 0 aromatic heterocycles. The molecule has 1 atom stereocenters. The summed E-state index contributed by atoms with van der Waals surface area (Å²) < 4.78 is 16.5. The number of rotatable bonds is 9. The molecule has 0 heterocycles. The van der Waals surface area contributed by atoms with E-state index in [0.717, 1.165) is 24.5 Å². The van der Waals surface area contributed by atoms with Gasteiger partial charge < -0.3 is 24.8 Å². The van der Waals surface area contributed by atoms with Gasteiger partial charge in [0.25, 0.3) is 0 Å². The van der Waals surface area contributed by atoms with Crippen molar-refractivity contribution in [3.63, 3.8) is 0 Å². The van der Waals surface area contributed by atoms with Crippen molar-refractivity contribution in [1.29, 1.82) is 0 Å². The summed E-state index contributed by atoms with van der Waals surface area (Å²) in [6.45, 7) is 10.1. The van der Waals surface area contributed by atoms with Crippen molar-refractivity contribution in [1.82, 2.24) is 10.6 Å². The normalized spacial score (nSPS) is 12.5. The zero-order valence-electron chi connectivity index (χ0n) is 15.7. The Morgan fingerprint density at radius 1 is 1.12 bits per heavy atom. The topological polar surface area (TPSA) is 64.1 Å².